The van der Waals surface area contributed by atoms with E-state index in [0.717, 1.165) is 5.56 Å². The van der Waals surface area contributed by atoms with Crippen molar-refractivity contribution in [2.75, 3.05) is 14.1 Å². The number of amides is 1. The Hall–Kier alpha value is -1.49. The Labute approximate surface area is 106 Å². The van der Waals surface area contributed by atoms with E-state index in [-0.39, 0.29) is 17.5 Å². The predicted molar refractivity (Wildman–Crippen MR) is 66.4 cm³/mol. The number of alkyl halides is 2. The summed E-state index contributed by atoms with van der Waals surface area (Å²) in [5.74, 6) is -0.0146. The second-order valence-corrected chi connectivity index (χ2v) is 4.38. The van der Waals surface area contributed by atoms with Crippen LogP contribution < -0.4 is 5.32 Å². The van der Waals surface area contributed by atoms with Gasteiger partial charge in [0.15, 0.2) is 0 Å². The zero-order valence-corrected chi connectivity index (χ0v) is 10.8. The summed E-state index contributed by atoms with van der Waals surface area (Å²) < 4.78 is 24.7. The highest BCUT2D eigenvalue weighted by Crippen LogP contribution is 2.18. The molecular weight excluding hydrogens is 238 g/mol. The lowest BCUT2D eigenvalue weighted by Crippen LogP contribution is -2.41. The van der Waals surface area contributed by atoms with E-state index in [1.54, 1.807) is 33.2 Å². The molecule has 0 bridgehead atoms. The van der Waals surface area contributed by atoms with Crippen molar-refractivity contribution in [3.8, 4) is 0 Å². The normalized spacial score (nSPS) is 12.6. The van der Waals surface area contributed by atoms with Crippen LogP contribution in [0.25, 0.3) is 0 Å². The van der Waals surface area contributed by atoms with Crippen molar-refractivity contribution in [2.24, 2.45) is 0 Å². The van der Waals surface area contributed by atoms with Gasteiger partial charge < -0.3 is 10.2 Å². The molecule has 1 N–H and O–H groups in total. The average Bonchev–Trinajstić information content (AvgIpc) is 2.35. The number of likely N-dealkylation sites (N-methyl/N-ethyl adjacent to an activating group) is 1. The Morgan fingerprint density at radius 3 is 2.28 bits per heavy atom. The van der Waals surface area contributed by atoms with Crippen LogP contribution in [-0.4, -0.2) is 30.9 Å². The van der Waals surface area contributed by atoms with Crippen molar-refractivity contribution < 1.29 is 13.6 Å². The number of rotatable bonds is 5. The van der Waals surface area contributed by atoms with Crippen molar-refractivity contribution in [1.29, 1.82) is 0 Å². The molecule has 0 fully saturated rings. The van der Waals surface area contributed by atoms with Gasteiger partial charge >= 0.3 is 0 Å². The summed E-state index contributed by atoms with van der Waals surface area (Å²) in [6.45, 7) is 2.25. The maximum atomic E-state index is 12.3. The molecule has 100 valence electrons. The number of carbonyl (C=O) groups is 1. The molecule has 0 saturated heterocycles. The molecule has 0 radical (unpaired) electrons. The van der Waals surface area contributed by atoms with Gasteiger partial charge in [-0.25, -0.2) is 8.78 Å². The molecule has 0 spiro atoms. The van der Waals surface area contributed by atoms with Crippen LogP contribution in [0.4, 0.5) is 8.78 Å². The number of nitrogens with one attached hydrogen (secondary N) is 1. The third-order valence-electron chi connectivity index (χ3n) is 2.66. The van der Waals surface area contributed by atoms with Crippen molar-refractivity contribution in [1.82, 2.24) is 10.2 Å². The van der Waals surface area contributed by atoms with E-state index in [9.17, 15) is 13.6 Å². The number of halogens is 2. The summed E-state index contributed by atoms with van der Waals surface area (Å²) in [6, 6.07) is 5.79. The lowest BCUT2D eigenvalue weighted by molar-refractivity contribution is -0.130. The third-order valence-corrected chi connectivity index (χ3v) is 2.66. The first-order chi connectivity index (χ1) is 8.41. The highest BCUT2D eigenvalue weighted by atomic mass is 19.3. The van der Waals surface area contributed by atoms with Crippen LogP contribution in [0.15, 0.2) is 24.3 Å². The minimum Gasteiger partial charge on any atom is -0.347 e. The maximum Gasteiger partial charge on any atom is 0.263 e. The molecule has 1 aromatic rings. The van der Waals surface area contributed by atoms with E-state index < -0.39 is 6.43 Å². The molecule has 0 aliphatic heterocycles. The second-order valence-electron chi connectivity index (χ2n) is 4.38. The Morgan fingerprint density at radius 2 is 1.83 bits per heavy atom. The van der Waals surface area contributed by atoms with Gasteiger partial charge in [0.1, 0.15) is 0 Å². The van der Waals surface area contributed by atoms with Gasteiger partial charge in [-0.3, -0.25) is 4.79 Å². The Morgan fingerprint density at radius 1 is 1.28 bits per heavy atom. The number of hydrogen-bond donors (Lipinski definition) is 1. The van der Waals surface area contributed by atoms with E-state index in [2.05, 4.69) is 5.32 Å². The fraction of sp³-hybridized carbons (Fsp3) is 0.462. The number of nitrogens with zero attached hydrogens (tertiary/aromatic N) is 1. The van der Waals surface area contributed by atoms with Gasteiger partial charge in [-0.1, -0.05) is 24.3 Å². The lowest BCUT2D eigenvalue weighted by Gasteiger charge is -2.18. The minimum absolute atomic E-state index is 0.0103. The maximum absolute atomic E-state index is 12.3. The zero-order chi connectivity index (χ0) is 13.7. The van der Waals surface area contributed by atoms with Gasteiger partial charge in [0.2, 0.25) is 5.91 Å². The Balaban J connectivity index is 2.51. The van der Waals surface area contributed by atoms with Gasteiger partial charge in [0, 0.05) is 26.2 Å². The van der Waals surface area contributed by atoms with E-state index in [4.69, 9.17) is 0 Å². The van der Waals surface area contributed by atoms with Gasteiger partial charge in [-0.05, 0) is 12.5 Å². The molecular formula is C13H18F2N2O. The first-order valence-corrected chi connectivity index (χ1v) is 5.73. The third kappa shape index (κ3) is 4.07. The predicted octanol–water partition coefficient (Wildman–Crippen LogP) is 2.19. The van der Waals surface area contributed by atoms with E-state index in [0.29, 0.717) is 6.54 Å². The first-order valence-electron chi connectivity index (χ1n) is 5.73. The molecule has 0 aromatic heterocycles. The first kappa shape index (κ1) is 14.6. The van der Waals surface area contributed by atoms with Crippen LogP contribution in [0.5, 0.6) is 0 Å². The quantitative estimate of drug-likeness (QED) is 0.876. The summed E-state index contributed by atoms with van der Waals surface area (Å²) in [5, 5.41) is 3.05. The fourth-order valence-electron chi connectivity index (χ4n) is 1.53. The van der Waals surface area contributed by atoms with Crippen LogP contribution in [0, 0.1) is 0 Å². The molecule has 0 heterocycles. The highest BCUT2D eigenvalue weighted by molar-refractivity contribution is 5.80. The highest BCUT2D eigenvalue weighted by Gasteiger charge is 2.13. The van der Waals surface area contributed by atoms with Crippen LogP contribution in [0.2, 0.25) is 0 Å². The van der Waals surface area contributed by atoms with Crippen molar-refractivity contribution in [2.45, 2.75) is 25.9 Å². The number of hydrogen-bond acceptors (Lipinski definition) is 2. The molecule has 1 atom stereocenters. The summed E-state index contributed by atoms with van der Waals surface area (Å²) in [6.07, 6.45) is -2.44. The SMILES string of the molecule is CC(NCc1ccc(C(F)F)cc1)C(=O)N(C)C. The van der Waals surface area contributed by atoms with Crippen LogP contribution in [0.1, 0.15) is 24.5 Å². The Kier molecular flexibility index (Phi) is 5.22. The van der Waals surface area contributed by atoms with Gasteiger partial charge in [-0.15, -0.1) is 0 Å². The van der Waals surface area contributed by atoms with E-state index >= 15 is 0 Å². The summed E-state index contributed by atoms with van der Waals surface area (Å²) in [4.78, 5) is 13.1. The molecule has 1 amide bonds. The zero-order valence-electron chi connectivity index (χ0n) is 10.8. The van der Waals surface area contributed by atoms with Gasteiger partial charge in [0.25, 0.3) is 6.43 Å². The molecule has 3 nitrogen and oxygen atoms in total. The molecule has 1 aromatic carbocycles. The number of benzene rings is 1. The molecule has 0 saturated carbocycles. The number of carbonyl (C=O) groups excluding carboxylic acids is 1. The van der Waals surface area contributed by atoms with Crippen LogP contribution in [-0.2, 0) is 11.3 Å². The standard InChI is InChI=1S/C13H18F2N2O/c1-9(13(18)17(2)3)16-8-10-4-6-11(7-5-10)12(14)15/h4-7,9,12,16H,8H2,1-3H3. The van der Waals surface area contributed by atoms with E-state index in [1.165, 1.54) is 17.0 Å². The molecule has 1 unspecified atom stereocenters. The largest absolute Gasteiger partial charge is 0.347 e. The second kappa shape index (κ2) is 6.44. The van der Waals surface area contributed by atoms with Crippen molar-refractivity contribution >= 4 is 5.91 Å². The summed E-state index contributed by atoms with van der Waals surface area (Å²) in [7, 11) is 3.38. The molecule has 5 heteroatoms. The lowest BCUT2D eigenvalue weighted by atomic mass is 10.1. The van der Waals surface area contributed by atoms with Gasteiger partial charge in [-0.2, -0.15) is 0 Å². The van der Waals surface area contributed by atoms with Crippen LogP contribution in [0.3, 0.4) is 0 Å². The molecule has 0 aliphatic rings. The van der Waals surface area contributed by atoms with Crippen molar-refractivity contribution in [3.63, 3.8) is 0 Å². The topological polar surface area (TPSA) is 32.3 Å². The molecule has 18 heavy (non-hydrogen) atoms. The van der Waals surface area contributed by atoms with Crippen molar-refractivity contribution in [3.05, 3.63) is 35.4 Å². The minimum atomic E-state index is -2.44. The fourth-order valence-corrected chi connectivity index (χ4v) is 1.53. The summed E-state index contributed by atoms with van der Waals surface area (Å²) >= 11 is 0. The van der Waals surface area contributed by atoms with Crippen LogP contribution >= 0.6 is 0 Å². The molecule has 1 rings (SSSR count). The monoisotopic (exact) mass is 256 g/mol. The van der Waals surface area contributed by atoms with E-state index in [1.807, 2.05) is 0 Å². The average molecular weight is 256 g/mol. The Bertz CT molecular complexity index is 390. The smallest absolute Gasteiger partial charge is 0.263 e. The summed E-state index contributed by atoms with van der Waals surface area (Å²) in [5.41, 5.74) is 0.883. The van der Waals surface area contributed by atoms with Gasteiger partial charge in [0.05, 0.1) is 6.04 Å². The molecule has 0 aliphatic carbocycles.